The maximum atomic E-state index is 15.5. The van der Waals surface area contributed by atoms with Crippen LogP contribution in [0.15, 0.2) is 41.3 Å². The normalized spacial score (nSPS) is 18.5. The van der Waals surface area contributed by atoms with Gasteiger partial charge in [-0.15, -0.1) is 0 Å². The van der Waals surface area contributed by atoms with E-state index in [9.17, 15) is 22.9 Å². The molecular weight excluding hydrogens is 628 g/mol. The van der Waals surface area contributed by atoms with Gasteiger partial charge in [-0.1, -0.05) is 12.1 Å². The fraction of sp³-hybridized carbons (Fsp3) is 0.333. The highest BCUT2D eigenvalue weighted by atomic mass is 32.2. The van der Waals surface area contributed by atoms with Gasteiger partial charge in [0.05, 0.1) is 22.9 Å². The zero-order valence-corrected chi connectivity index (χ0v) is 25.8. The van der Waals surface area contributed by atoms with Crippen LogP contribution >= 0.6 is 0 Å². The quantitative estimate of drug-likeness (QED) is 0.124. The molecule has 2 aromatic carbocycles. The molecule has 2 atom stereocenters. The molecule has 1 aliphatic rings. The van der Waals surface area contributed by atoms with E-state index in [-0.39, 0.29) is 41.1 Å². The van der Waals surface area contributed by atoms with Crippen LogP contribution in [0, 0.1) is 35.7 Å². The van der Waals surface area contributed by atoms with Crippen LogP contribution in [-0.4, -0.2) is 47.9 Å². The molecule has 3 heterocycles. The van der Waals surface area contributed by atoms with E-state index in [1.807, 2.05) is 6.07 Å². The van der Waals surface area contributed by atoms with E-state index in [0.717, 1.165) is 0 Å². The third-order valence-electron chi connectivity index (χ3n) is 7.46. The van der Waals surface area contributed by atoms with Crippen molar-refractivity contribution in [2.45, 2.75) is 50.8 Å². The van der Waals surface area contributed by atoms with Crippen LogP contribution in [-0.2, 0) is 15.8 Å². The number of aromatic nitrogens is 3. The molecule has 242 valence electrons. The number of hydrogen-bond donors (Lipinski definition) is 4. The number of fused-ring (bicyclic) bond motifs is 1. The number of sulfonamides is 1. The van der Waals surface area contributed by atoms with Crippen LogP contribution in [0.4, 0.5) is 29.2 Å². The smallest absolute Gasteiger partial charge is 0.260 e. The predicted molar refractivity (Wildman–Crippen MR) is 165 cm³/mol. The van der Waals surface area contributed by atoms with Gasteiger partial charge in [-0.25, -0.2) is 31.0 Å². The minimum atomic E-state index is -4.52. The summed E-state index contributed by atoms with van der Waals surface area (Å²) in [5.41, 5.74) is 3.30. The lowest BCUT2D eigenvalue weighted by molar-refractivity contribution is 0.123. The number of benzene rings is 2. The summed E-state index contributed by atoms with van der Waals surface area (Å²) in [7, 11) is -4.52. The van der Waals surface area contributed by atoms with Crippen LogP contribution in [0.25, 0.3) is 22.2 Å². The van der Waals surface area contributed by atoms with Crippen LogP contribution in [0.3, 0.4) is 0 Å². The number of nitrogens with two attached hydrogens (primary N) is 1. The minimum Gasteiger partial charge on any atom is -0.350 e. The van der Waals surface area contributed by atoms with Gasteiger partial charge in [0, 0.05) is 48.7 Å². The molecule has 4 aromatic rings. The Bertz CT molecular complexity index is 2060. The molecule has 1 fully saturated rings. The van der Waals surface area contributed by atoms with Crippen molar-refractivity contribution in [2.24, 2.45) is 5.73 Å². The Balaban J connectivity index is 1.51. The number of hydrogen-bond acceptors (Lipinski definition) is 9. The van der Waals surface area contributed by atoms with Crippen molar-refractivity contribution in [3.05, 3.63) is 81.0 Å². The molecule has 1 aliphatic heterocycles. The van der Waals surface area contributed by atoms with E-state index >= 15 is 13.2 Å². The molecule has 0 saturated carbocycles. The van der Waals surface area contributed by atoms with Crippen molar-refractivity contribution >= 4 is 32.7 Å². The summed E-state index contributed by atoms with van der Waals surface area (Å²) in [5.74, 6) is -7.67. The summed E-state index contributed by atoms with van der Waals surface area (Å²) in [4.78, 5) is 22.3. The Hall–Kier alpha value is -4.59. The lowest BCUT2D eigenvalue weighted by Gasteiger charge is -2.32. The van der Waals surface area contributed by atoms with Gasteiger partial charge in [-0.05, 0) is 50.1 Å². The van der Waals surface area contributed by atoms with Gasteiger partial charge < -0.3 is 10.6 Å². The third kappa shape index (κ3) is 6.66. The molecule has 46 heavy (non-hydrogen) atoms. The number of nitrogens with one attached hydrogen (secondary N) is 3. The van der Waals surface area contributed by atoms with Gasteiger partial charge in [-0.2, -0.15) is 10.2 Å². The lowest BCUT2D eigenvalue weighted by Crippen LogP contribution is -2.56. The maximum Gasteiger partial charge on any atom is 0.260 e. The number of nitriles is 1. The molecule has 2 aromatic heterocycles. The second-order valence-corrected chi connectivity index (χ2v) is 13.3. The standard InChI is InChI=1S/C30H30F4N8O3S/c1-15(2)42-27-19(11-38-29(40-27)39-20-9-30(34,36)14-37-12-20)7-22(28(42)43)21-8-23(31)26(25(33)24(21)32)41-46(44,45)13-17-5-4-16(3)6-18(17)10-35/h4-8,11,15,20,37,41H,9,12-14,36H2,1-3H3,(H,38,39,40)/t20-,30+/m0/s1. The summed E-state index contributed by atoms with van der Waals surface area (Å²) in [6.07, 6.45) is 1.30. The number of rotatable bonds is 8. The van der Waals surface area contributed by atoms with Gasteiger partial charge in [0.15, 0.2) is 23.2 Å². The van der Waals surface area contributed by atoms with E-state index in [1.54, 1.807) is 31.6 Å². The van der Waals surface area contributed by atoms with Crippen molar-refractivity contribution < 1.29 is 26.0 Å². The average Bonchev–Trinajstić information content (AvgIpc) is 2.97. The molecule has 0 amide bonds. The average molecular weight is 659 g/mol. The summed E-state index contributed by atoms with van der Waals surface area (Å²) >= 11 is 0. The van der Waals surface area contributed by atoms with E-state index in [4.69, 9.17) is 5.73 Å². The number of pyridine rings is 1. The second kappa shape index (κ2) is 12.3. The summed E-state index contributed by atoms with van der Waals surface area (Å²) in [6.45, 7) is 5.38. The molecule has 0 aliphatic carbocycles. The molecule has 0 radical (unpaired) electrons. The van der Waals surface area contributed by atoms with Gasteiger partial charge in [0.2, 0.25) is 16.0 Å². The van der Waals surface area contributed by atoms with Crippen molar-refractivity contribution in [2.75, 3.05) is 23.1 Å². The van der Waals surface area contributed by atoms with Crippen molar-refractivity contribution in [3.8, 4) is 17.2 Å². The Kier molecular flexibility index (Phi) is 8.77. The molecular formula is C30H30F4N8O3S. The van der Waals surface area contributed by atoms with E-state index < -0.39 is 73.5 Å². The SMILES string of the molecule is Cc1ccc(CS(=O)(=O)Nc2c(F)cc(-c3cc4cnc(N[C@@H]5CNC[C@@](N)(F)C5)nc4n(C(C)C)c3=O)c(F)c2F)c(C#N)c1. The summed E-state index contributed by atoms with van der Waals surface area (Å²) in [6, 6.07) is 6.99. The Morgan fingerprint density at radius 1 is 1.20 bits per heavy atom. The van der Waals surface area contributed by atoms with Crippen LogP contribution in [0.5, 0.6) is 0 Å². The fourth-order valence-electron chi connectivity index (χ4n) is 5.36. The highest BCUT2D eigenvalue weighted by Gasteiger charge is 2.33. The molecule has 11 nitrogen and oxygen atoms in total. The van der Waals surface area contributed by atoms with Gasteiger partial charge in [0.25, 0.3) is 5.56 Å². The van der Waals surface area contributed by atoms with Crippen molar-refractivity contribution in [3.63, 3.8) is 0 Å². The summed E-state index contributed by atoms with van der Waals surface area (Å²) in [5, 5.41) is 15.4. The zero-order chi connectivity index (χ0) is 33.6. The number of halogens is 4. The fourth-order valence-corrected chi connectivity index (χ4v) is 6.59. The molecule has 5 rings (SSSR count). The molecule has 0 bridgehead atoms. The number of nitrogens with zero attached hydrogens (tertiary/aromatic N) is 4. The van der Waals surface area contributed by atoms with Crippen LogP contribution in [0.2, 0.25) is 0 Å². The number of aryl methyl sites for hydroxylation is 1. The molecule has 1 saturated heterocycles. The second-order valence-electron chi connectivity index (χ2n) is 11.6. The first-order valence-corrected chi connectivity index (χ1v) is 15.8. The largest absolute Gasteiger partial charge is 0.350 e. The Morgan fingerprint density at radius 2 is 1.93 bits per heavy atom. The number of anilines is 2. The van der Waals surface area contributed by atoms with E-state index in [0.29, 0.717) is 18.2 Å². The van der Waals surface area contributed by atoms with Gasteiger partial charge in [-0.3, -0.25) is 19.8 Å². The molecule has 0 unspecified atom stereocenters. The first-order valence-electron chi connectivity index (χ1n) is 14.1. The Labute approximate surface area is 261 Å². The van der Waals surface area contributed by atoms with Gasteiger partial charge >= 0.3 is 0 Å². The van der Waals surface area contributed by atoms with Gasteiger partial charge in [0.1, 0.15) is 11.3 Å². The first-order chi connectivity index (χ1) is 21.6. The Morgan fingerprint density at radius 3 is 2.61 bits per heavy atom. The number of alkyl halides is 1. The van der Waals surface area contributed by atoms with Crippen molar-refractivity contribution in [1.29, 1.82) is 5.26 Å². The lowest BCUT2D eigenvalue weighted by atomic mass is 10.0. The third-order valence-corrected chi connectivity index (χ3v) is 8.66. The van der Waals surface area contributed by atoms with Crippen molar-refractivity contribution in [1.82, 2.24) is 19.9 Å². The zero-order valence-electron chi connectivity index (χ0n) is 25.0. The van der Waals surface area contributed by atoms with E-state index in [2.05, 4.69) is 20.6 Å². The predicted octanol–water partition coefficient (Wildman–Crippen LogP) is 3.98. The number of piperidine rings is 1. The highest BCUT2D eigenvalue weighted by molar-refractivity contribution is 7.91. The van der Waals surface area contributed by atoms with E-state index in [1.165, 1.54) is 29.0 Å². The minimum absolute atomic E-state index is 0.0133. The molecule has 5 N–H and O–H groups in total. The monoisotopic (exact) mass is 658 g/mol. The topological polar surface area (TPSA) is 168 Å². The maximum absolute atomic E-state index is 15.5. The first kappa shape index (κ1) is 32.8. The van der Waals surface area contributed by atoms with Crippen LogP contribution in [0.1, 0.15) is 43.0 Å². The molecule has 16 heteroatoms. The van der Waals surface area contributed by atoms with Crippen LogP contribution < -0.4 is 26.6 Å². The summed E-state index contributed by atoms with van der Waals surface area (Å²) < 4.78 is 89.0. The highest BCUT2D eigenvalue weighted by Crippen LogP contribution is 2.32. The molecule has 0 spiro atoms.